The highest BCUT2D eigenvalue weighted by molar-refractivity contribution is 5.96. The van der Waals surface area contributed by atoms with Gasteiger partial charge < -0.3 is 15.1 Å². The van der Waals surface area contributed by atoms with Crippen LogP contribution in [0.3, 0.4) is 0 Å². The van der Waals surface area contributed by atoms with Gasteiger partial charge in [0.05, 0.1) is 0 Å². The van der Waals surface area contributed by atoms with Crippen LogP contribution in [0.15, 0.2) is 41.3 Å². The van der Waals surface area contributed by atoms with E-state index in [-0.39, 0.29) is 28.6 Å². The number of carbonyl (C=O) groups excluding carboxylic acids is 2. The van der Waals surface area contributed by atoms with Crippen molar-refractivity contribution in [1.82, 2.24) is 10.6 Å². The van der Waals surface area contributed by atoms with Crippen molar-refractivity contribution in [2.45, 2.75) is 19.3 Å². The third-order valence-corrected chi connectivity index (χ3v) is 4.44. The Bertz CT molecular complexity index is 793. The Hall–Kier alpha value is -2.63. The summed E-state index contributed by atoms with van der Waals surface area (Å²) in [5.74, 6) is -0.938. The molecular formula is C18H19FN2O3. The molecule has 1 aliphatic rings. The van der Waals surface area contributed by atoms with Gasteiger partial charge in [0, 0.05) is 18.5 Å². The number of hydrogen-bond acceptors (Lipinski definition) is 3. The van der Waals surface area contributed by atoms with Crippen molar-refractivity contribution in [3.8, 4) is 0 Å². The summed E-state index contributed by atoms with van der Waals surface area (Å²) >= 11 is 0. The third-order valence-electron chi connectivity index (χ3n) is 4.44. The van der Waals surface area contributed by atoms with Crippen molar-refractivity contribution in [3.05, 3.63) is 48.5 Å². The van der Waals surface area contributed by atoms with Crippen molar-refractivity contribution in [2.24, 2.45) is 5.41 Å². The highest BCUT2D eigenvalue weighted by Crippen LogP contribution is 2.47. The molecule has 0 radical (unpaired) electrons. The van der Waals surface area contributed by atoms with Crippen LogP contribution in [0.4, 0.5) is 4.39 Å². The predicted octanol–water partition coefficient (Wildman–Crippen LogP) is 2.77. The van der Waals surface area contributed by atoms with Gasteiger partial charge in [-0.1, -0.05) is 18.7 Å². The number of halogens is 1. The van der Waals surface area contributed by atoms with Gasteiger partial charge in [0.2, 0.25) is 5.91 Å². The van der Waals surface area contributed by atoms with E-state index in [0.717, 1.165) is 19.3 Å². The first kappa shape index (κ1) is 16.2. The minimum Gasteiger partial charge on any atom is -0.448 e. The molecule has 0 aliphatic heterocycles. The second-order valence-corrected chi connectivity index (χ2v) is 6.20. The summed E-state index contributed by atoms with van der Waals surface area (Å²) < 4.78 is 18.9. The van der Waals surface area contributed by atoms with Crippen molar-refractivity contribution in [1.29, 1.82) is 0 Å². The fraction of sp³-hybridized carbons (Fsp3) is 0.333. The van der Waals surface area contributed by atoms with Crippen LogP contribution in [0.1, 0.15) is 29.8 Å². The Morgan fingerprint density at radius 1 is 1.33 bits per heavy atom. The van der Waals surface area contributed by atoms with Gasteiger partial charge in [-0.05, 0) is 42.9 Å². The lowest BCUT2D eigenvalue weighted by atomic mass is 10.0. The van der Waals surface area contributed by atoms with E-state index in [1.165, 1.54) is 18.2 Å². The van der Waals surface area contributed by atoms with Crippen LogP contribution in [-0.4, -0.2) is 24.9 Å². The first-order valence-corrected chi connectivity index (χ1v) is 7.90. The molecule has 1 saturated carbocycles. The van der Waals surface area contributed by atoms with E-state index in [2.05, 4.69) is 17.2 Å². The monoisotopic (exact) mass is 330 g/mol. The lowest BCUT2D eigenvalue weighted by molar-refractivity contribution is -0.116. The summed E-state index contributed by atoms with van der Waals surface area (Å²) in [6.45, 7) is 4.48. The van der Waals surface area contributed by atoms with E-state index < -0.39 is 5.82 Å². The number of hydrogen-bond donors (Lipinski definition) is 2. The zero-order valence-corrected chi connectivity index (χ0v) is 13.2. The van der Waals surface area contributed by atoms with E-state index in [4.69, 9.17) is 4.42 Å². The van der Waals surface area contributed by atoms with Gasteiger partial charge in [-0.3, -0.25) is 9.59 Å². The van der Waals surface area contributed by atoms with Gasteiger partial charge in [0.15, 0.2) is 17.2 Å². The molecule has 2 N–H and O–H groups in total. The summed E-state index contributed by atoms with van der Waals surface area (Å²) in [7, 11) is 0. The van der Waals surface area contributed by atoms with Crippen LogP contribution < -0.4 is 10.6 Å². The second-order valence-electron chi connectivity index (χ2n) is 6.20. The fourth-order valence-electron chi connectivity index (χ4n) is 2.71. The number of furan rings is 1. The quantitative estimate of drug-likeness (QED) is 0.767. The van der Waals surface area contributed by atoms with Crippen LogP contribution in [0, 0.1) is 11.2 Å². The smallest absolute Gasteiger partial charge is 0.287 e. The average molecular weight is 330 g/mol. The third kappa shape index (κ3) is 3.48. The highest BCUT2D eigenvalue weighted by atomic mass is 19.1. The standard InChI is InChI=1S/C18H19FN2O3/c1-2-15(22)21-11-18(6-7-18)8-9-20-17(23)14-10-12-4-3-5-13(19)16(12)24-14/h2-5,10H,1,6-9,11H2,(H,20,23)(H,21,22). The Labute approximate surface area is 138 Å². The molecule has 3 rings (SSSR count). The van der Waals surface area contributed by atoms with Gasteiger partial charge in [0.25, 0.3) is 5.91 Å². The number of amides is 2. The molecule has 1 aromatic heterocycles. The maximum absolute atomic E-state index is 13.6. The van der Waals surface area contributed by atoms with Crippen LogP contribution in [0.5, 0.6) is 0 Å². The molecule has 2 amide bonds. The first-order chi connectivity index (χ1) is 11.5. The minimum absolute atomic E-state index is 0.0614. The van der Waals surface area contributed by atoms with Crippen LogP contribution in [0.2, 0.25) is 0 Å². The summed E-state index contributed by atoms with van der Waals surface area (Å²) in [6.07, 6.45) is 4.07. The zero-order valence-electron chi connectivity index (χ0n) is 13.2. The number of carbonyl (C=O) groups is 2. The molecule has 24 heavy (non-hydrogen) atoms. The van der Waals surface area contributed by atoms with Crippen LogP contribution in [0.25, 0.3) is 11.0 Å². The minimum atomic E-state index is -0.485. The van der Waals surface area contributed by atoms with Crippen LogP contribution in [-0.2, 0) is 4.79 Å². The van der Waals surface area contributed by atoms with Gasteiger partial charge in [-0.2, -0.15) is 0 Å². The number of benzene rings is 1. The summed E-state index contributed by atoms with van der Waals surface area (Å²) in [5, 5.41) is 6.15. The molecule has 0 spiro atoms. The highest BCUT2D eigenvalue weighted by Gasteiger charge is 2.42. The molecule has 1 fully saturated rings. The maximum atomic E-state index is 13.6. The lowest BCUT2D eigenvalue weighted by Crippen LogP contribution is -2.32. The van der Waals surface area contributed by atoms with Gasteiger partial charge >= 0.3 is 0 Å². The van der Waals surface area contributed by atoms with Gasteiger partial charge in [0.1, 0.15) is 0 Å². The van der Waals surface area contributed by atoms with Crippen LogP contribution >= 0.6 is 0 Å². The number of fused-ring (bicyclic) bond motifs is 1. The van der Waals surface area contributed by atoms with E-state index >= 15 is 0 Å². The van der Waals surface area contributed by atoms with E-state index in [9.17, 15) is 14.0 Å². The Balaban J connectivity index is 1.53. The first-order valence-electron chi connectivity index (χ1n) is 7.90. The SMILES string of the molecule is C=CC(=O)NCC1(CCNC(=O)c2cc3cccc(F)c3o2)CC1. The van der Waals surface area contributed by atoms with Crippen molar-refractivity contribution in [3.63, 3.8) is 0 Å². The number of rotatable bonds is 7. The second kappa shape index (κ2) is 6.47. The van der Waals surface area contributed by atoms with Gasteiger partial charge in [-0.15, -0.1) is 0 Å². The predicted molar refractivity (Wildman–Crippen MR) is 88.0 cm³/mol. The lowest BCUT2D eigenvalue weighted by Gasteiger charge is -2.15. The van der Waals surface area contributed by atoms with E-state index in [0.29, 0.717) is 18.5 Å². The van der Waals surface area contributed by atoms with Gasteiger partial charge in [-0.25, -0.2) is 4.39 Å². The molecule has 6 heteroatoms. The van der Waals surface area contributed by atoms with Crippen molar-refractivity contribution >= 4 is 22.8 Å². The molecule has 1 heterocycles. The average Bonchev–Trinajstić information content (AvgIpc) is 3.20. The molecule has 0 unspecified atom stereocenters. The Morgan fingerprint density at radius 2 is 2.12 bits per heavy atom. The summed E-state index contributed by atoms with van der Waals surface area (Å²) in [4.78, 5) is 23.4. The molecular weight excluding hydrogens is 311 g/mol. The Morgan fingerprint density at radius 3 is 2.79 bits per heavy atom. The van der Waals surface area contributed by atoms with Crippen molar-refractivity contribution < 1.29 is 18.4 Å². The van der Waals surface area contributed by atoms with E-state index in [1.807, 2.05) is 0 Å². The number of para-hydroxylation sites is 1. The number of nitrogens with one attached hydrogen (secondary N) is 2. The normalized spacial score (nSPS) is 15.0. The topological polar surface area (TPSA) is 71.3 Å². The molecule has 0 atom stereocenters. The molecule has 1 aromatic carbocycles. The molecule has 2 aromatic rings. The molecule has 126 valence electrons. The molecule has 0 saturated heterocycles. The largest absolute Gasteiger partial charge is 0.448 e. The van der Waals surface area contributed by atoms with E-state index in [1.54, 1.807) is 12.1 Å². The summed E-state index contributed by atoms with van der Waals surface area (Å²) in [6, 6.07) is 6.09. The molecule has 5 nitrogen and oxygen atoms in total. The Kier molecular flexibility index (Phi) is 4.38. The fourth-order valence-corrected chi connectivity index (χ4v) is 2.71. The zero-order chi connectivity index (χ0) is 17.2. The maximum Gasteiger partial charge on any atom is 0.287 e. The molecule has 1 aliphatic carbocycles. The molecule has 0 bridgehead atoms. The summed E-state index contributed by atoms with van der Waals surface area (Å²) in [5.41, 5.74) is 0.153. The van der Waals surface area contributed by atoms with Crippen molar-refractivity contribution in [2.75, 3.05) is 13.1 Å².